The van der Waals surface area contributed by atoms with Gasteiger partial charge < -0.3 is 15.3 Å². The zero-order chi connectivity index (χ0) is 12.5. The number of hydrogen-bond donors (Lipinski definition) is 2. The summed E-state index contributed by atoms with van der Waals surface area (Å²) in [5.41, 5.74) is -0.884. The summed E-state index contributed by atoms with van der Waals surface area (Å²) in [6.45, 7) is 0.770. The highest BCUT2D eigenvalue weighted by molar-refractivity contribution is 5.91. The highest BCUT2D eigenvalue weighted by atomic mass is 16.3. The van der Waals surface area contributed by atoms with E-state index in [0.717, 1.165) is 0 Å². The van der Waals surface area contributed by atoms with Crippen LogP contribution in [-0.2, 0) is 9.59 Å². The van der Waals surface area contributed by atoms with Gasteiger partial charge in [-0.1, -0.05) is 0 Å². The van der Waals surface area contributed by atoms with Crippen molar-refractivity contribution in [2.45, 2.75) is 25.4 Å². The molecule has 6 nitrogen and oxygen atoms in total. The van der Waals surface area contributed by atoms with Gasteiger partial charge in [0.2, 0.25) is 11.8 Å². The number of nitrogens with zero attached hydrogens (tertiary/aromatic N) is 2. The first-order chi connectivity index (χ1) is 8.07. The second-order valence-corrected chi connectivity index (χ2v) is 4.66. The molecule has 6 heteroatoms. The summed E-state index contributed by atoms with van der Waals surface area (Å²) in [7, 11) is 0. The van der Waals surface area contributed by atoms with Gasteiger partial charge in [-0.25, -0.2) is 0 Å². The number of rotatable bonds is 3. The Morgan fingerprint density at radius 3 is 2.71 bits per heavy atom. The largest absolute Gasteiger partial charge is 0.391 e. The van der Waals surface area contributed by atoms with E-state index in [1.165, 1.54) is 4.90 Å². The molecule has 2 rings (SSSR count). The molecule has 1 saturated carbocycles. The summed E-state index contributed by atoms with van der Waals surface area (Å²) < 4.78 is 0. The Labute approximate surface area is 99.2 Å². The van der Waals surface area contributed by atoms with E-state index in [0.29, 0.717) is 32.4 Å². The van der Waals surface area contributed by atoms with Crippen LogP contribution in [0.2, 0.25) is 0 Å². The molecule has 1 heterocycles. The van der Waals surface area contributed by atoms with Crippen LogP contribution < -0.4 is 5.32 Å². The minimum absolute atomic E-state index is 0.0883. The van der Waals surface area contributed by atoms with Gasteiger partial charge in [0.15, 0.2) is 0 Å². The van der Waals surface area contributed by atoms with Crippen molar-refractivity contribution >= 4 is 11.8 Å². The van der Waals surface area contributed by atoms with Crippen molar-refractivity contribution in [1.82, 2.24) is 10.2 Å². The Balaban J connectivity index is 1.77. The maximum atomic E-state index is 11.6. The Kier molecular flexibility index (Phi) is 3.03. The lowest BCUT2D eigenvalue weighted by molar-refractivity contribution is -0.133. The maximum absolute atomic E-state index is 11.6. The molecule has 2 N–H and O–H groups in total. The van der Waals surface area contributed by atoms with Crippen molar-refractivity contribution in [2.75, 3.05) is 19.6 Å². The lowest BCUT2D eigenvalue weighted by Crippen LogP contribution is -2.41. The zero-order valence-electron chi connectivity index (χ0n) is 9.48. The number of nitriles is 1. The highest BCUT2D eigenvalue weighted by Gasteiger charge is 2.50. The minimum Gasteiger partial charge on any atom is -0.391 e. The normalized spacial score (nSPS) is 25.2. The Bertz CT molecular complexity index is 384. The highest BCUT2D eigenvalue weighted by Crippen LogP contribution is 2.44. The quantitative estimate of drug-likeness (QED) is 0.658. The number of β-amino-alcohol motifs (C(OH)–C–C–N with tert-alkyl or cyclic N) is 1. The van der Waals surface area contributed by atoms with E-state index in [1.807, 2.05) is 6.07 Å². The van der Waals surface area contributed by atoms with Crippen LogP contribution in [0.4, 0.5) is 0 Å². The topological polar surface area (TPSA) is 93.4 Å². The van der Waals surface area contributed by atoms with Gasteiger partial charge >= 0.3 is 0 Å². The van der Waals surface area contributed by atoms with Crippen molar-refractivity contribution in [3.8, 4) is 6.07 Å². The third kappa shape index (κ3) is 2.39. The van der Waals surface area contributed by atoms with Crippen molar-refractivity contribution in [1.29, 1.82) is 5.26 Å². The summed E-state index contributed by atoms with van der Waals surface area (Å²) in [6, 6.07) is 1.98. The molecule has 1 aliphatic carbocycles. The summed E-state index contributed by atoms with van der Waals surface area (Å²) in [5, 5.41) is 20.6. The van der Waals surface area contributed by atoms with E-state index >= 15 is 0 Å². The minimum atomic E-state index is -0.884. The average Bonchev–Trinajstić information content (AvgIpc) is 3.02. The molecule has 0 spiro atoms. The lowest BCUT2D eigenvalue weighted by atomic mass is 10.1. The predicted molar refractivity (Wildman–Crippen MR) is 57.5 cm³/mol. The molecule has 0 aromatic rings. The molecule has 2 aliphatic rings. The third-order valence-electron chi connectivity index (χ3n) is 3.31. The molecule has 17 heavy (non-hydrogen) atoms. The van der Waals surface area contributed by atoms with Crippen molar-refractivity contribution in [3.05, 3.63) is 0 Å². The molecule has 92 valence electrons. The molecule has 0 radical (unpaired) electrons. The van der Waals surface area contributed by atoms with Crippen LogP contribution >= 0.6 is 0 Å². The first kappa shape index (κ1) is 11.9. The number of amides is 2. The van der Waals surface area contributed by atoms with Gasteiger partial charge in [-0.2, -0.15) is 5.26 Å². The Hall–Kier alpha value is -1.61. The van der Waals surface area contributed by atoms with E-state index in [-0.39, 0.29) is 18.4 Å². The second-order valence-electron chi connectivity index (χ2n) is 4.66. The van der Waals surface area contributed by atoms with Crippen LogP contribution in [0.15, 0.2) is 0 Å². The Morgan fingerprint density at radius 2 is 2.24 bits per heavy atom. The standard InChI is InChI=1S/C11H15N3O3/c12-7-11(2-3-11)10(17)13-5-9(16)14-4-1-8(15)6-14/h8,15H,1-6H2,(H,13,17). The van der Waals surface area contributed by atoms with Gasteiger partial charge in [0.1, 0.15) is 5.41 Å². The first-order valence-electron chi connectivity index (χ1n) is 5.73. The molecule has 2 fully saturated rings. The van der Waals surface area contributed by atoms with Gasteiger partial charge in [0.05, 0.1) is 18.7 Å². The average molecular weight is 237 g/mol. The van der Waals surface area contributed by atoms with E-state index in [2.05, 4.69) is 5.32 Å². The Morgan fingerprint density at radius 1 is 1.53 bits per heavy atom. The fourth-order valence-electron chi connectivity index (χ4n) is 1.92. The SMILES string of the molecule is N#CC1(C(=O)NCC(=O)N2CCC(O)C2)CC1. The summed E-state index contributed by atoms with van der Waals surface area (Å²) in [4.78, 5) is 24.8. The number of carbonyl (C=O) groups excluding carboxylic acids is 2. The van der Waals surface area contributed by atoms with Crippen LogP contribution in [0.1, 0.15) is 19.3 Å². The molecule has 1 unspecified atom stereocenters. The molecule has 0 aromatic carbocycles. The molecular formula is C11H15N3O3. The summed E-state index contributed by atoms with van der Waals surface area (Å²) in [6.07, 6.45) is 1.28. The zero-order valence-corrected chi connectivity index (χ0v) is 9.48. The summed E-state index contributed by atoms with van der Waals surface area (Å²) >= 11 is 0. The first-order valence-corrected chi connectivity index (χ1v) is 5.73. The summed E-state index contributed by atoms with van der Waals surface area (Å²) in [5.74, 6) is -0.559. The van der Waals surface area contributed by atoms with E-state index in [1.54, 1.807) is 0 Å². The number of likely N-dealkylation sites (tertiary alicyclic amines) is 1. The number of aliphatic hydroxyl groups is 1. The van der Waals surface area contributed by atoms with Crippen LogP contribution in [-0.4, -0.2) is 47.6 Å². The molecule has 1 atom stereocenters. The molecule has 2 amide bonds. The van der Waals surface area contributed by atoms with Gasteiger partial charge in [0, 0.05) is 13.1 Å². The van der Waals surface area contributed by atoms with Crippen LogP contribution in [0.5, 0.6) is 0 Å². The van der Waals surface area contributed by atoms with E-state index in [4.69, 9.17) is 5.26 Å². The number of nitrogens with one attached hydrogen (secondary N) is 1. The molecule has 1 aliphatic heterocycles. The number of aliphatic hydroxyl groups excluding tert-OH is 1. The van der Waals surface area contributed by atoms with Gasteiger partial charge in [-0.3, -0.25) is 9.59 Å². The molecule has 1 saturated heterocycles. The smallest absolute Gasteiger partial charge is 0.242 e. The van der Waals surface area contributed by atoms with Crippen LogP contribution in [0.3, 0.4) is 0 Å². The lowest BCUT2D eigenvalue weighted by Gasteiger charge is -2.16. The fourth-order valence-corrected chi connectivity index (χ4v) is 1.92. The van der Waals surface area contributed by atoms with Crippen molar-refractivity contribution in [2.24, 2.45) is 5.41 Å². The van der Waals surface area contributed by atoms with E-state index in [9.17, 15) is 14.7 Å². The van der Waals surface area contributed by atoms with Crippen LogP contribution in [0.25, 0.3) is 0 Å². The maximum Gasteiger partial charge on any atom is 0.242 e. The van der Waals surface area contributed by atoms with Gasteiger partial charge in [0.25, 0.3) is 0 Å². The van der Waals surface area contributed by atoms with Crippen molar-refractivity contribution in [3.63, 3.8) is 0 Å². The number of carbonyl (C=O) groups is 2. The van der Waals surface area contributed by atoms with Crippen molar-refractivity contribution < 1.29 is 14.7 Å². The van der Waals surface area contributed by atoms with Crippen LogP contribution in [0, 0.1) is 16.7 Å². The fraction of sp³-hybridized carbons (Fsp3) is 0.727. The van der Waals surface area contributed by atoms with Gasteiger partial charge in [-0.15, -0.1) is 0 Å². The number of hydrogen-bond acceptors (Lipinski definition) is 4. The third-order valence-corrected chi connectivity index (χ3v) is 3.31. The molecule has 0 aromatic heterocycles. The predicted octanol–water partition coefficient (Wildman–Crippen LogP) is -1.00. The monoisotopic (exact) mass is 237 g/mol. The van der Waals surface area contributed by atoms with E-state index < -0.39 is 11.5 Å². The molecular weight excluding hydrogens is 222 g/mol. The second kappa shape index (κ2) is 4.34. The van der Waals surface area contributed by atoms with Gasteiger partial charge in [-0.05, 0) is 19.3 Å². The molecule has 0 bridgehead atoms.